The summed E-state index contributed by atoms with van der Waals surface area (Å²) in [4.78, 5) is 25.5. The molecule has 1 N–H and O–H groups in total. The summed E-state index contributed by atoms with van der Waals surface area (Å²) in [5, 5.41) is 2.84. The molecular weight excluding hydrogens is 331 g/mol. The monoisotopic (exact) mass is 356 g/mol. The van der Waals surface area contributed by atoms with Gasteiger partial charge in [0.2, 0.25) is 11.8 Å². The summed E-state index contributed by atoms with van der Waals surface area (Å²) >= 11 is 0. The Balaban J connectivity index is 1.96. The third-order valence-electron chi connectivity index (χ3n) is 4.12. The zero-order valence-electron chi connectivity index (χ0n) is 15.7. The molecule has 5 heteroatoms. The van der Waals surface area contributed by atoms with E-state index in [1.807, 2.05) is 24.3 Å². The molecule has 0 atom stereocenters. The smallest absolute Gasteiger partial charge is 0.226 e. The average Bonchev–Trinajstić information content (AvgIpc) is 2.56. The number of carbonyl (C=O) groups excluding carboxylic acids is 2. The second-order valence-electron chi connectivity index (χ2n) is 7.27. The first-order valence-electron chi connectivity index (χ1n) is 8.61. The van der Waals surface area contributed by atoms with Gasteiger partial charge in [0.25, 0.3) is 0 Å². The molecule has 0 fully saturated rings. The summed E-state index contributed by atoms with van der Waals surface area (Å²) in [6.07, 6.45) is 0.151. The van der Waals surface area contributed by atoms with Crippen molar-refractivity contribution in [1.29, 1.82) is 0 Å². The van der Waals surface area contributed by atoms with Gasteiger partial charge >= 0.3 is 0 Å². The van der Waals surface area contributed by atoms with Crippen molar-refractivity contribution in [2.75, 3.05) is 16.8 Å². The fourth-order valence-corrected chi connectivity index (χ4v) is 2.58. The molecule has 0 aliphatic heterocycles. The lowest BCUT2D eigenvalue weighted by Crippen LogP contribution is -2.31. The van der Waals surface area contributed by atoms with E-state index < -0.39 is 0 Å². The fourth-order valence-electron chi connectivity index (χ4n) is 2.58. The Morgan fingerprint density at radius 1 is 1.00 bits per heavy atom. The third kappa shape index (κ3) is 5.41. The van der Waals surface area contributed by atoms with Crippen molar-refractivity contribution in [3.05, 3.63) is 59.9 Å². The Morgan fingerprint density at radius 2 is 1.58 bits per heavy atom. The summed E-state index contributed by atoms with van der Waals surface area (Å²) < 4.78 is 13.0. The van der Waals surface area contributed by atoms with Crippen LogP contribution in [-0.2, 0) is 15.0 Å². The first-order valence-corrected chi connectivity index (χ1v) is 8.61. The number of carbonyl (C=O) groups is 2. The van der Waals surface area contributed by atoms with Crippen LogP contribution in [0.5, 0.6) is 0 Å². The maximum Gasteiger partial charge on any atom is 0.226 e. The van der Waals surface area contributed by atoms with Crippen LogP contribution in [0, 0.1) is 5.82 Å². The molecule has 0 bridgehead atoms. The van der Waals surface area contributed by atoms with Crippen molar-refractivity contribution < 1.29 is 14.0 Å². The lowest BCUT2D eigenvalue weighted by Gasteiger charge is -2.21. The number of benzene rings is 2. The molecule has 0 aliphatic carbocycles. The summed E-state index contributed by atoms with van der Waals surface area (Å²) in [5.41, 5.74) is 2.54. The van der Waals surface area contributed by atoms with Crippen LogP contribution in [0.15, 0.2) is 48.5 Å². The standard InChI is InChI=1S/C21H25FN2O2/c1-15(25)24(19-11-7-17(22)8-12-19)14-13-20(26)23-18-9-5-16(6-10-18)21(2,3)4/h5-12H,13-14H2,1-4H3,(H,23,26). The molecule has 0 heterocycles. The second kappa shape index (κ2) is 8.13. The summed E-state index contributed by atoms with van der Waals surface area (Å²) in [6.45, 7) is 8.05. The summed E-state index contributed by atoms with van der Waals surface area (Å²) in [5.74, 6) is -0.741. The van der Waals surface area contributed by atoms with E-state index in [0.29, 0.717) is 5.69 Å². The number of amides is 2. The molecule has 2 rings (SSSR count). The van der Waals surface area contributed by atoms with Gasteiger partial charge in [-0.25, -0.2) is 4.39 Å². The van der Waals surface area contributed by atoms with Gasteiger partial charge in [-0.3, -0.25) is 9.59 Å². The van der Waals surface area contributed by atoms with Crippen LogP contribution in [0.25, 0.3) is 0 Å². The van der Waals surface area contributed by atoms with Gasteiger partial charge in [-0.2, -0.15) is 0 Å². The Labute approximate surface area is 154 Å². The molecule has 2 aromatic rings. The van der Waals surface area contributed by atoms with Gasteiger partial charge in [-0.15, -0.1) is 0 Å². The van der Waals surface area contributed by atoms with Crippen molar-refractivity contribution in [3.63, 3.8) is 0 Å². The lowest BCUT2D eigenvalue weighted by atomic mass is 9.87. The fraction of sp³-hybridized carbons (Fsp3) is 0.333. The van der Waals surface area contributed by atoms with Crippen molar-refractivity contribution >= 4 is 23.2 Å². The molecule has 138 valence electrons. The highest BCUT2D eigenvalue weighted by Gasteiger charge is 2.15. The van der Waals surface area contributed by atoms with Crippen LogP contribution in [-0.4, -0.2) is 18.4 Å². The minimum absolute atomic E-state index is 0.0552. The number of rotatable bonds is 5. The molecule has 0 aliphatic rings. The van der Waals surface area contributed by atoms with Gasteiger partial charge in [-0.1, -0.05) is 32.9 Å². The lowest BCUT2D eigenvalue weighted by molar-refractivity contribution is -0.117. The van der Waals surface area contributed by atoms with Crippen LogP contribution >= 0.6 is 0 Å². The number of halogens is 1. The van der Waals surface area contributed by atoms with Gasteiger partial charge < -0.3 is 10.2 Å². The Morgan fingerprint density at radius 3 is 2.08 bits per heavy atom. The van der Waals surface area contributed by atoms with Crippen molar-refractivity contribution in [3.8, 4) is 0 Å². The molecule has 0 spiro atoms. The van der Waals surface area contributed by atoms with E-state index in [1.165, 1.54) is 41.7 Å². The maximum atomic E-state index is 13.0. The predicted octanol–water partition coefficient (Wildman–Crippen LogP) is 4.50. The number of anilines is 2. The molecule has 0 unspecified atom stereocenters. The first kappa shape index (κ1) is 19.6. The van der Waals surface area contributed by atoms with Gasteiger partial charge in [0.1, 0.15) is 5.82 Å². The van der Waals surface area contributed by atoms with Crippen LogP contribution in [0.4, 0.5) is 15.8 Å². The molecule has 0 saturated heterocycles. The van der Waals surface area contributed by atoms with E-state index in [0.717, 1.165) is 5.69 Å². The quantitative estimate of drug-likeness (QED) is 0.857. The SMILES string of the molecule is CC(=O)N(CCC(=O)Nc1ccc(C(C)(C)C)cc1)c1ccc(F)cc1. The molecule has 2 amide bonds. The topological polar surface area (TPSA) is 49.4 Å². The number of nitrogens with one attached hydrogen (secondary N) is 1. The highest BCUT2D eigenvalue weighted by atomic mass is 19.1. The molecule has 4 nitrogen and oxygen atoms in total. The van der Waals surface area contributed by atoms with Gasteiger partial charge in [-0.05, 0) is 47.4 Å². The first-order chi connectivity index (χ1) is 12.2. The van der Waals surface area contributed by atoms with E-state index in [-0.39, 0.29) is 36.0 Å². The normalized spacial score (nSPS) is 11.1. The third-order valence-corrected chi connectivity index (χ3v) is 4.12. The number of hydrogen-bond acceptors (Lipinski definition) is 2. The second-order valence-corrected chi connectivity index (χ2v) is 7.27. The predicted molar refractivity (Wildman–Crippen MR) is 103 cm³/mol. The van der Waals surface area contributed by atoms with E-state index in [9.17, 15) is 14.0 Å². The van der Waals surface area contributed by atoms with E-state index in [1.54, 1.807) is 0 Å². The van der Waals surface area contributed by atoms with Gasteiger partial charge in [0.15, 0.2) is 0 Å². The zero-order chi connectivity index (χ0) is 19.3. The van der Waals surface area contributed by atoms with Crippen molar-refractivity contribution in [2.45, 2.75) is 39.5 Å². The number of hydrogen-bond donors (Lipinski definition) is 1. The minimum atomic E-state index is -0.367. The largest absolute Gasteiger partial charge is 0.326 e. The maximum absolute atomic E-state index is 13.0. The molecular formula is C21H25FN2O2. The van der Waals surface area contributed by atoms with Crippen LogP contribution in [0.2, 0.25) is 0 Å². The summed E-state index contributed by atoms with van der Waals surface area (Å²) in [6, 6.07) is 13.4. The molecule has 0 saturated carbocycles. The molecule has 26 heavy (non-hydrogen) atoms. The highest BCUT2D eigenvalue weighted by Crippen LogP contribution is 2.23. The Hall–Kier alpha value is -2.69. The van der Waals surface area contributed by atoms with Crippen LogP contribution < -0.4 is 10.2 Å². The average molecular weight is 356 g/mol. The molecule has 2 aromatic carbocycles. The minimum Gasteiger partial charge on any atom is -0.326 e. The van der Waals surface area contributed by atoms with Gasteiger partial charge in [0, 0.05) is 31.3 Å². The zero-order valence-corrected chi connectivity index (χ0v) is 15.7. The van der Waals surface area contributed by atoms with Gasteiger partial charge in [0.05, 0.1) is 0 Å². The summed E-state index contributed by atoms with van der Waals surface area (Å²) in [7, 11) is 0. The Bertz CT molecular complexity index is 762. The highest BCUT2D eigenvalue weighted by molar-refractivity contribution is 5.94. The van der Waals surface area contributed by atoms with E-state index in [2.05, 4.69) is 26.1 Å². The van der Waals surface area contributed by atoms with Crippen molar-refractivity contribution in [2.24, 2.45) is 0 Å². The van der Waals surface area contributed by atoms with Crippen LogP contribution in [0.1, 0.15) is 39.7 Å². The van der Waals surface area contributed by atoms with E-state index in [4.69, 9.17) is 0 Å². The van der Waals surface area contributed by atoms with E-state index >= 15 is 0 Å². The molecule has 0 radical (unpaired) electrons. The molecule has 0 aromatic heterocycles. The Kier molecular flexibility index (Phi) is 6.14. The van der Waals surface area contributed by atoms with Crippen LogP contribution in [0.3, 0.4) is 0 Å². The number of nitrogens with zero attached hydrogens (tertiary/aromatic N) is 1. The van der Waals surface area contributed by atoms with Crippen molar-refractivity contribution in [1.82, 2.24) is 0 Å².